The van der Waals surface area contributed by atoms with E-state index >= 15 is 0 Å². The Labute approximate surface area is 184 Å². The van der Waals surface area contributed by atoms with Gasteiger partial charge in [0.15, 0.2) is 10.8 Å². The molecule has 2 aromatic carbocycles. The summed E-state index contributed by atoms with van der Waals surface area (Å²) in [5.74, 6) is 0.848. The van der Waals surface area contributed by atoms with Gasteiger partial charge in [0.25, 0.3) is 5.91 Å². The lowest BCUT2D eigenvalue weighted by molar-refractivity contribution is 0.0947. The van der Waals surface area contributed by atoms with Crippen molar-refractivity contribution in [3.05, 3.63) is 71.5 Å². The maximum Gasteiger partial charge on any atom is 0.251 e. The molecule has 0 aliphatic rings. The van der Waals surface area contributed by atoms with Gasteiger partial charge in [-0.3, -0.25) is 4.79 Å². The molecule has 160 valence electrons. The number of sulfonamides is 1. The van der Waals surface area contributed by atoms with E-state index < -0.39 is 10.0 Å². The van der Waals surface area contributed by atoms with Gasteiger partial charge < -0.3 is 9.73 Å². The molecule has 0 aliphatic carbocycles. The molecule has 7 nitrogen and oxygen atoms in total. The molecule has 2 N–H and O–H groups in total. The van der Waals surface area contributed by atoms with Crippen LogP contribution in [0.2, 0.25) is 0 Å². The monoisotopic (exact) mass is 455 g/mol. The standard InChI is InChI=1S/C22H21N3O4S2/c1-3-24-31(27,28)16-10-8-14(2)17(12-16)21(26)23-13-15-9-11-19(29-15)22-25-18-6-4-5-7-20(18)30-22/h4-12,24H,3,13H2,1-2H3,(H,23,26). The van der Waals surface area contributed by atoms with E-state index in [9.17, 15) is 13.2 Å². The van der Waals surface area contributed by atoms with Crippen LogP contribution in [0.3, 0.4) is 0 Å². The lowest BCUT2D eigenvalue weighted by Crippen LogP contribution is -2.26. The molecular weight excluding hydrogens is 434 g/mol. The van der Waals surface area contributed by atoms with E-state index in [0.29, 0.717) is 22.6 Å². The fourth-order valence-corrected chi connectivity index (χ4v) is 5.11. The molecule has 0 bridgehead atoms. The first kappa shape index (κ1) is 21.2. The van der Waals surface area contributed by atoms with Gasteiger partial charge in [0.1, 0.15) is 5.76 Å². The third kappa shape index (κ3) is 4.53. The number of aryl methyl sites for hydroxylation is 1. The zero-order chi connectivity index (χ0) is 22.0. The second kappa shape index (κ2) is 8.62. The highest BCUT2D eigenvalue weighted by Crippen LogP contribution is 2.31. The number of furan rings is 1. The summed E-state index contributed by atoms with van der Waals surface area (Å²) in [7, 11) is -3.64. The van der Waals surface area contributed by atoms with E-state index in [-0.39, 0.29) is 23.9 Å². The number of carbonyl (C=O) groups is 1. The van der Waals surface area contributed by atoms with Crippen molar-refractivity contribution >= 4 is 37.5 Å². The van der Waals surface area contributed by atoms with Crippen LogP contribution < -0.4 is 10.0 Å². The molecule has 0 unspecified atom stereocenters. The van der Waals surface area contributed by atoms with E-state index in [1.165, 1.54) is 23.5 Å². The molecule has 4 rings (SSSR count). The number of carbonyl (C=O) groups excluding carboxylic acids is 1. The predicted octanol–water partition coefficient (Wildman–Crippen LogP) is 4.09. The van der Waals surface area contributed by atoms with E-state index in [1.54, 1.807) is 26.0 Å². The second-order valence-corrected chi connectivity index (χ2v) is 9.71. The predicted molar refractivity (Wildman–Crippen MR) is 121 cm³/mol. The Morgan fingerprint density at radius 1 is 1.13 bits per heavy atom. The molecule has 0 atom stereocenters. The average molecular weight is 456 g/mol. The molecule has 0 saturated carbocycles. The highest BCUT2D eigenvalue weighted by Gasteiger charge is 2.18. The Kier molecular flexibility index (Phi) is 5.90. The van der Waals surface area contributed by atoms with Crippen LogP contribution in [0.4, 0.5) is 0 Å². The topological polar surface area (TPSA) is 101 Å². The quantitative estimate of drug-likeness (QED) is 0.437. The van der Waals surface area contributed by atoms with Crippen molar-refractivity contribution in [2.75, 3.05) is 6.54 Å². The van der Waals surface area contributed by atoms with Crippen LogP contribution in [0.1, 0.15) is 28.6 Å². The lowest BCUT2D eigenvalue weighted by atomic mass is 10.1. The van der Waals surface area contributed by atoms with Gasteiger partial charge in [-0.15, -0.1) is 11.3 Å². The van der Waals surface area contributed by atoms with Crippen molar-refractivity contribution in [2.45, 2.75) is 25.3 Å². The van der Waals surface area contributed by atoms with Gasteiger partial charge in [-0.25, -0.2) is 18.1 Å². The first-order valence-corrected chi connectivity index (χ1v) is 12.0. The molecule has 0 fully saturated rings. The van der Waals surface area contributed by atoms with Crippen molar-refractivity contribution in [1.82, 2.24) is 15.0 Å². The molecule has 0 spiro atoms. The lowest BCUT2D eigenvalue weighted by Gasteiger charge is -2.10. The fraction of sp³-hybridized carbons (Fsp3) is 0.182. The number of thiazole rings is 1. The number of fused-ring (bicyclic) bond motifs is 1. The minimum Gasteiger partial charge on any atom is -0.457 e. The van der Waals surface area contributed by atoms with Crippen LogP contribution in [0.25, 0.3) is 21.0 Å². The summed E-state index contributed by atoms with van der Waals surface area (Å²) < 4.78 is 33.8. The minimum absolute atomic E-state index is 0.0567. The Hall–Kier alpha value is -3.01. The van der Waals surface area contributed by atoms with E-state index in [0.717, 1.165) is 15.2 Å². The first-order chi connectivity index (χ1) is 14.9. The van der Waals surface area contributed by atoms with E-state index in [2.05, 4.69) is 15.0 Å². The van der Waals surface area contributed by atoms with Gasteiger partial charge >= 0.3 is 0 Å². The molecule has 0 aliphatic heterocycles. The first-order valence-electron chi connectivity index (χ1n) is 9.70. The van der Waals surface area contributed by atoms with Crippen LogP contribution in [-0.2, 0) is 16.6 Å². The number of para-hydroxylation sites is 1. The van der Waals surface area contributed by atoms with Gasteiger partial charge in [-0.2, -0.15) is 0 Å². The number of nitrogens with one attached hydrogen (secondary N) is 2. The SMILES string of the molecule is CCNS(=O)(=O)c1ccc(C)c(C(=O)NCc2ccc(-c3nc4ccccc4s3)o2)c1. The van der Waals surface area contributed by atoms with Crippen molar-refractivity contribution in [3.63, 3.8) is 0 Å². The molecule has 0 radical (unpaired) electrons. The van der Waals surface area contributed by atoms with E-state index in [4.69, 9.17) is 4.42 Å². The molecule has 9 heteroatoms. The van der Waals surface area contributed by atoms with Crippen molar-refractivity contribution < 1.29 is 17.6 Å². The summed E-state index contributed by atoms with van der Waals surface area (Å²) in [6.45, 7) is 3.91. The third-order valence-electron chi connectivity index (χ3n) is 4.69. The van der Waals surface area contributed by atoms with Crippen molar-refractivity contribution in [1.29, 1.82) is 0 Å². The summed E-state index contributed by atoms with van der Waals surface area (Å²) >= 11 is 1.54. The summed E-state index contributed by atoms with van der Waals surface area (Å²) in [5.41, 5.74) is 1.90. The molecule has 2 aromatic heterocycles. The summed E-state index contributed by atoms with van der Waals surface area (Å²) in [6, 6.07) is 16.0. The largest absolute Gasteiger partial charge is 0.457 e. The molecule has 0 saturated heterocycles. The number of hydrogen-bond acceptors (Lipinski definition) is 6. The highest BCUT2D eigenvalue weighted by atomic mass is 32.2. The van der Waals surface area contributed by atoms with Gasteiger partial charge in [0, 0.05) is 12.1 Å². The molecule has 1 amide bonds. The Morgan fingerprint density at radius 3 is 2.71 bits per heavy atom. The Bertz CT molecular complexity index is 1320. The van der Waals surface area contributed by atoms with Gasteiger partial charge in [-0.05, 0) is 48.9 Å². The maximum absolute atomic E-state index is 12.7. The number of hydrogen-bond donors (Lipinski definition) is 2. The highest BCUT2D eigenvalue weighted by molar-refractivity contribution is 7.89. The van der Waals surface area contributed by atoms with Crippen molar-refractivity contribution in [2.24, 2.45) is 0 Å². The summed E-state index contributed by atoms with van der Waals surface area (Å²) in [6.07, 6.45) is 0. The molecule has 2 heterocycles. The van der Waals surface area contributed by atoms with Crippen LogP contribution in [-0.4, -0.2) is 25.9 Å². The fourth-order valence-electron chi connectivity index (χ4n) is 3.11. The normalized spacial score (nSPS) is 11.7. The Morgan fingerprint density at radius 2 is 1.94 bits per heavy atom. The molecule has 31 heavy (non-hydrogen) atoms. The van der Waals surface area contributed by atoms with Crippen LogP contribution in [0.15, 0.2) is 63.9 Å². The minimum atomic E-state index is -3.64. The van der Waals surface area contributed by atoms with Gasteiger partial charge in [-0.1, -0.05) is 25.1 Å². The van der Waals surface area contributed by atoms with Gasteiger partial charge in [0.05, 0.1) is 21.7 Å². The summed E-state index contributed by atoms with van der Waals surface area (Å²) in [5, 5.41) is 3.57. The van der Waals surface area contributed by atoms with Crippen LogP contribution >= 0.6 is 11.3 Å². The number of nitrogens with zero attached hydrogens (tertiary/aromatic N) is 1. The number of rotatable bonds is 7. The van der Waals surface area contributed by atoms with Crippen molar-refractivity contribution in [3.8, 4) is 10.8 Å². The van der Waals surface area contributed by atoms with E-state index in [1.807, 2.05) is 30.3 Å². The number of benzene rings is 2. The average Bonchev–Trinajstić information content (AvgIpc) is 3.39. The van der Waals surface area contributed by atoms with Crippen LogP contribution in [0, 0.1) is 6.92 Å². The number of aromatic nitrogens is 1. The summed E-state index contributed by atoms with van der Waals surface area (Å²) in [4.78, 5) is 17.3. The molecule has 4 aromatic rings. The third-order valence-corrected chi connectivity index (χ3v) is 7.28. The second-order valence-electron chi connectivity index (χ2n) is 6.91. The van der Waals surface area contributed by atoms with Crippen LogP contribution in [0.5, 0.6) is 0 Å². The number of amides is 1. The Balaban J connectivity index is 1.48. The van der Waals surface area contributed by atoms with Gasteiger partial charge in [0.2, 0.25) is 10.0 Å². The smallest absolute Gasteiger partial charge is 0.251 e. The zero-order valence-electron chi connectivity index (χ0n) is 17.0. The molecular formula is C22H21N3O4S2. The zero-order valence-corrected chi connectivity index (χ0v) is 18.6. The maximum atomic E-state index is 12.7.